The number of hydrogen-bond acceptors (Lipinski definition) is 6. The topological polar surface area (TPSA) is 124 Å². The summed E-state index contributed by atoms with van der Waals surface area (Å²) in [4.78, 5) is 23.6. The number of nitro benzene ring substituents is 1. The number of carbonyl (C=O) groups excluding carboxylic acids is 1. The second kappa shape index (κ2) is 7.22. The summed E-state index contributed by atoms with van der Waals surface area (Å²) in [5.41, 5.74) is 1.69. The molecule has 0 spiro atoms. The molecule has 9 nitrogen and oxygen atoms in total. The summed E-state index contributed by atoms with van der Waals surface area (Å²) in [7, 11) is -3.38. The highest BCUT2D eigenvalue weighted by Crippen LogP contribution is 2.34. The molecule has 1 aliphatic rings. The van der Waals surface area contributed by atoms with Gasteiger partial charge in [-0.05, 0) is 31.2 Å². The van der Waals surface area contributed by atoms with E-state index >= 15 is 0 Å². The number of rotatable bonds is 4. The lowest BCUT2D eigenvalue weighted by Crippen LogP contribution is -2.18. The molecular weight excluding hydrogens is 432 g/mol. The van der Waals surface area contributed by atoms with Crippen LogP contribution < -0.4 is 5.32 Å². The fourth-order valence-corrected chi connectivity index (χ4v) is 4.93. The third kappa shape index (κ3) is 3.66. The minimum atomic E-state index is -3.38. The lowest BCUT2D eigenvalue weighted by molar-refractivity contribution is -0.385. The molecule has 0 unspecified atom stereocenters. The number of nitrogens with one attached hydrogen (secondary N) is 1. The average Bonchev–Trinajstić information content (AvgIpc) is 3.14. The van der Waals surface area contributed by atoms with Crippen LogP contribution in [-0.2, 0) is 21.3 Å². The van der Waals surface area contributed by atoms with Gasteiger partial charge in [0.2, 0.25) is 0 Å². The van der Waals surface area contributed by atoms with Gasteiger partial charge in [0.25, 0.3) is 11.6 Å². The Hall–Kier alpha value is -3.24. The van der Waals surface area contributed by atoms with Crippen molar-refractivity contribution in [2.24, 2.45) is 0 Å². The summed E-state index contributed by atoms with van der Waals surface area (Å²) in [6, 6.07) is 10.9. The second-order valence-electron chi connectivity index (χ2n) is 6.93. The van der Waals surface area contributed by atoms with Gasteiger partial charge in [-0.1, -0.05) is 29.3 Å². The van der Waals surface area contributed by atoms with E-state index in [-0.39, 0.29) is 27.9 Å². The molecule has 2 aromatic carbocycles. The maximum atomic E-state index is 12.9. The minimum absolute atomic E-state index is 0.158. The van der Waals surface area contributed by atoms with Gasteiger partial charge in [0.15, 0.2) is 9.84 Å². The molecule has 1 N–H and O–H groups in total. The van der Waals surface area contributed by atoms with Gasteiger partial charge in [-0.15, -0.1) is 0 Å². The van der Waals surface area contributed by atoms with Crippen LogP contribution in [0, 0.1) is 17.0 Å². The molecule has 0 fully saturated rings. The summed E-state index contributed by atoms with van der Waals surface area (Å²) in [6.45, 7) is 1.92. The number of fused-ring (bicyclic) bond motifs is 1. The third-order valence-corrected chi connectivity index (χ3v) is 6.37. The number of nitro groups is 1. The molecule has 4 rings (SSSR count). The Bertz CT molecular complexity index is 1300. The van der Waals surface area contributed by atoms with Crippen LogP contribution in [-0.4, -0.2) is 29.0 Å². The minimum Gasteiger partial charge on any atom is -0.306 e. The predicted octanol–water partition coefficient (Wildman–Crippen LogP) is 3.42. The Morgan fingerprint density at radius 1 is 1.20 bits per heavy atom. The smallest absolute Gasteiger partial charge is 0.282 e. The molecular formula is C19H15ClN4O5S. The van der Waals surface area contributed by atoms with Gasteiger partial charge in [-0.3, -0.25) is 14.9 Å². The van der Waals surface area contributed by atoms with E-state index < -0.39 is 26.4 Å². The zero-order valence-corrected chi connectivity index (χ0v) is 17.2. The summed E-state index contributed by atoms with van der Waals surface area (Å²) in [5, 5.41) is 18.5. The number of aryl methyl sites for hydroxylation is 1. The largest absolute Gasteiger partial charge is 0.306 e. The van der Waals surface area contributed by atoms with E-state index in [1.807, 2.05) is 19.1 Å². The molecule has 1 amide bonds. The quantitative estimate of drug-likeness (QED) is 0.483. The van der Waals surface area contributed by atoms with Crippen LogP contribution in [0.15, 0.2) is 42.5 Å². The zero-order valence-electron chi connectivity index (χ0n) is 15.6. The van der Waals surface area contributed by atoms with Crippen LogP contribution in [0.25, 0.3) is 5.69 Å². The highest BCUT2D eigenvalue weighted by Gasteiger charge is 2.34. The number of carbonyl (C=O) groups is 1. The van der Waals surface area contributed by atoms with Crippen molar-refractivity contribution in [3.05, 3.63) is 80.0 Å². The molecule has 0 radical (unpaired) electrons. The highest BCUT2D eigenvalue weighted by molar-refractivity contribution is 7.90. The van der Waals surface area contributed by atoms with Crippen molar-refractivity contribution >= 4 is 38.9 Å². The van der Waals surface area contributed by atoms with E-state index in [1.54, 1.807) is 12.1 Å². The number of benzene rings is 2. The number of amides is 1. The second-order valence-corrected chi connectivity index (χ2v) is 9.43. The Morgan fingerprint density at radius 2 is 1.90 bits per heavy atom. The van der Waals surface area contributed by atoms with Crippen LogP contribution in [0.1, 0.15) is 27.2 Å². The van der Waals surface area contributed by atoms with Crippen LogP contribution in [0.3, 0.4) is 0 Å². The SMILES string of the molecule is Cc1ccc(-n2nc3c(c2NC(=O)c2cc(Cl)ccc2[N+](=O)[O-])CS(=O)(=O)C3)cc1. The van der Waals surface area contributed by atoms with Gasteiger partial charge < -0.3 is 5.32 Å². The first kappa shape index (κ1) is 20.0. The van der Waals surface area contributed by atoms with E-state index in [0.717, 1.165) is 11.6 Å². The molecule has 0 bridgehead atoms. The molecule has 0 saturated heterocycles. The maximum absolute atomic E-state index is 12.9. The number of halogens is 1. The molecule has 30 heavy (non-hydrogen) atoms. The average molecular weight is 447 g/mol. The Morgan fingerprint density at radius 3 is 2.57 bits per heavy atom. The monoisotopic (exact) mass is 446 g/mol. The normalized spacial score (nSPS) is 14.3. The first-order chi connectivity index (χ1) is 14.1. The Labute approximate surface area is 176 Å². The molecule has 0 aliphatic carbocycles. The summed E-state index contributed by atoms with van der Waals surface area (Å²) >= 11 is 5.92. The standard InChI is InChI=1S/C19H15ClN4O5S/c1-11-2-5-13(6-3-11)23-18(15-9-30(28,29)10-16(15)22-23)21-19(25)14-8-12(20)4-7-17(14)24(26)27/h2-8H,9-10H2,1H3,(H,21,25). The lowest BCUT2D eigenvalue weighted by Gasteiger charge is -2.12. The van der Waals surface area contributed by atoms with E-state index in [2.05, 4.69) is 10.4 Å². The van der Waals surface area contributed by atoms with Crippen molar-refractivity contribution in [2.75, 3.05) is 5.32 Å². The van der Waals surface area contributed by atoms with Crippen molar-refractivity contribution in [3.63, 3.8) is 0 Å². The van der Waals surface area contributed by atoms with E-state index in [1.165, 1.54) is 16.8 Å². The number of nitrogens with zero attached hydrogens (tertiary/aromatic N) is 3. The first-order valence-corrected chi connectivity index (χ1v) is 11.0. The van der Waals surface area contributed by atoms with Crippen molar-refractivity contribution in [2.45, 2.75) is 18.4 Å². The van der Waals surface area contributed by atoms with Gasteiger partial charge >= 0.3 is 0 Å². The first-order valence-electron chi connectivity index (χ1n) is 8.78. The van der Waals surface area contributed by atoms with Gasteiger partial charge in [0.05, 0.1) is 27.8 Å². The summed E-state index contributed by atoms with van der Waals surface area (Å²) in [5.74, 6) is -1.14. The van der Waals surface area contributed by atoms with Crippen LogP contribution in [0.5, 0.6) is 0 Å². The van der Waals surface area contributed by atoms with Crippen molar-refractivity contribution in [3.8, 4) is 5.69 Å². The van der Waals surface area contributed by atoms with Gasteiger partial charge in [0, 0.05) is 16.7 Å². The van der Waals surface area contributed by atoms with Gasteiger partial charge in [-0.2, -0.15) is 5.10 Å². The summed E-state index contributed by atoms with van der Waals surface area (Å²) in [6.07, 6.45) is 0. The van der Waals surface area contributed by atoms with Crippen LogP contribution in [0.4, 0.5) is 11.5 Å². The van der Waals surface area contributed by atoms with Crippen molar-refractivity contribution < 1.29 is 18.1 Å². The van der Waals surface area contributed by atoms with Gasteiger partial charge in [0.1, 0.15) is 11.4 Å². The van der Waals surface area contributed by atoms with E-state index in [0.29, 0.717) is 16.9 Å². The van der Waals surface area contributed by atoms with Gasteiger partial charge in [-0.25, -0.2) is 13.1 Å². The van der Waals surface area contributed by atoms with E-state index in [9.17, 15) is 23.3 Å². The molecule has 3 aromatic rings. The third-order valence-electron chi connectivity index (χ3n) is 4.70. The zero-order chi connectivity index (χ0) is 21.6. The Kier molecular flexibility index (Phi) is 4.83. The maximum Gasteiger partial charge on any atom is 0.282 e. The number of anilines is 1. The molecule has 0 atom stereocenters. The number of hydrogen-bond donors (Lipinski definition) is 1. The fourth-order valence-electron chi connectivity index (χ4n) is 3.27. The van der Waals surface area contributed by atoms with Crippen molar-refractivity contribution in [1.82, 2.24) is 9.78 Å². The highest BCUT2D eigenvalue weighted by atomic mass is 35.5. The number of aromatic nitrogens is 2. The fraction of sp³-hybridized carbons (Fsp3) is 0.158. The number of sulfone groups is 1. The molecule has 1 aliphatic heterocycles. The molecule has 154 valence electrons. The van der Waals surface area contributed by atoms with Crippen LogP contribution in [0.2, 0.25) is 5.02 Å². The van der Waals surface area contributed by atoms with Crippen molar-refractivity contribution in [1.29, 1.82) is 0 Å². The Balaban J connectivity index is 1.81. The van der Waals surface area contributed by atoms with E-state index in [4.69, 9.17) is 11.6 Å². The molecule has 11 heteroatoms. The molecule has 1 aromatic heterocycles. The molecule has 0 saturated carbocycles. The van der Waals surface area contributed by atoms with Crippen LogP contribution >= 0.6 is 11.6 Å². The predicted molar refractivity (Wildman–Crippen MR) is 111 cm³/mol. The molecule has 2 heterocycles. The summed E-state index contributed by atoms with van der Waals surface area (Å²) < 4.78 is 25.6. The lowest BCUT2D eigenvalue weighted by atomic mass is 10.1.